The van der Waals surface area contributed by atoms with E-state index < -0.39 is 22.4 Å². The highest BCUT2D eigenvalue weighted by Crippen LogP contribution is 2.31. The molecule has 0 bridgehead atoms. The molecule has 0 aliphatic heterocycles. The van der Waals surface area contributed by atoms with Gasteiger partial charge in [0.2, 0.25) is 0 Å². The number of carboxylic acid groups (broad SMARTS) is 1. The number of carboxylic acids is 1. The summed E-state index contributed by atoms with van der Waals surface area (Å²) in [5, 5.41) is 26.4. The van der Waals surface area contributed by atoms with E-state index in [1.54, 1.807) is 0 Å². The van der Waals surface area contributed by atoms with Gasteiger partial charge in [-0.3, -0.25) is 14.9 Å². The average Bonchev–Trinajstić information content (AvgIpc) is 2.84. The third-order valence-electron chi connectivity index (χ3n) is 2.11. The van der Waals surface area contributed by atoms with Gasteiger partial charge in [-0.05, 0) is 12.1 Å². The topological polar surface area (TPSA) is 119 Å². The van der Waals surface area contributed by atoms with Crippen molar-refractivity contribution >= 4 is 23.4 Å². The highest BCUT2D eigenvalue weighted by atomic mass is 32.2. The molecule has 0 fully saturated rings. The Hall–Kier alpha value is -2.49. The van der Waals surface area contributed by atoms with E-state index in [0.29, 0.717) is 0 Å². The number of carbonyl (C=O) groups is 1. The monoisotopic (exact) mass is 299 g/mol. The third-order valence-corrected chi connectivity index (χ3v) is 2.92. The highest BCUT2D eigenvalue weighted by Gasteiger charge is 2.21. The zero-order valence-electron chi connectivity index (χ0n) is 9.65. The smallest absolute Gasteiger partial charge is 0.314 e. The molecular formula is C10H6FN3O5S. The zero-order valence-corrected chi connectivity index (χ0v) is 10.5. The van der Waals surface area contributed by atoms with Crippen molar-refractivity contribution in [1.29, 1.82) is 0 Å². The van der Waals surface area contributed by atoms with Crippen molar-refractivity contribution in [2.75, 3.05) is 5.75 Å². The molecule has 0 unspecified atom stereocenters. The van der Waals surface area contributed by atoms with Gasteiger partial charge in [-0.15, -0.1) is 10.2 Å². The number of rotatable bonds is 5. The maximum absolute atomic E-state index is 13.0. The summed E-state index contributed by atoms with van der Waals surface area (Å²) in [6.45, 7) is 0. The molecule has 0 spiro atoms. The molecule has 0 saturated carbocycles. The van der Waals surface area contributed by atoms with Crippen LogP contribution in [0.4, 0.5) is 10.1 Å². The summed E-state index contributed by atoms with van der Waals surface area (Å²) < 4.78 is 18.1. The minimum atomic E-state index is -1.07. The van der Waals surface area contributed by atoms with Crippen molar-refractivity contribution in [3.63, 3.8) is 0 Å². The number of nitrogens with zero attached hydrogens (tertiary/aromatic N) is 3. The number of nitro groups is 1. The first-order valence-corrected chi connectivity index (χ1v) is 6.08. The van der Waals surface area contributed by atoms with Crippen LogP contribution >= 0.6 is 11.8 Å². The lowest BCUT2D eigenvalue weighted by molar-refractivity contribution is -0.384. The number of thioether (sulfide) groups is 1. The van der Waals surface area contributed by atoms with Crippen LogP contribution in [0.25, 0.3) is 11.5 Å². The quantitative estimate of drug-likeness (QED) is 0.505. The van der Waals surface area contributed by atoms with Crippen LogP contribution < -0.4 is 0 Å². The first kappa shape index (κ1) is 13.9. The van der Waals surface area contributed by atoms with Crippen LogP contribution in [0.3, 0.4) is 0 Å². The molecule has 0 aliphatic carbocycles. The van der Waals surface area contributed by atoms with E-state index in [0.717, 1.165) is 30.0 Å². The number of aromatic nitrogens is 2. The molecule has 1 N–H and O–H groups in total. The lowest BCUT2D eigenvalue weighted by Crippen LogP contribution is -1.97. The molecule has 10 heteroatoms. The molecule has 1 aromatic heterocycles. The molecule has 0 radical (unpaired) electrons. The van der Waals surface area contributed by atoms with Crippen molar-refractivity contribution in [1.82, 2.24) is 10.2 Å². The predicted octanol–water partition coefficient (Wildman–Crippen LogP) is 1.96. The van der Waals surface area contributed by atoms with Gasteiger partial charge in [-0.25, -0.2) is 4.39 Å². The van der Waals surface area contributed by atoms with Crippen LogP contribution in [0.2, 0.25) is 0 Å². The average molecular weight is 299 g/mol. The fraction of sp³-hybridized carbons (Fsp3) is 0.100. The van der Waals surface area contributed by atoms with Crippen molar-refractivity contribution in [3.8, 4) is 11.5 Å². The van der Waals surface area contributed by atoms with Crippen LogP contribution in [-0.4, -0.2) is 31.9 Å². The number of aliphatic carboxylic acids is 1. The second-order valence-corrected chi connectivity index (χ2v) is 4.40. The summed E-state index contributed by atoms with van der Waals surface area (Å²) in [5.74, 6) is -2.29. The van der Waals surface area contributed by atoms with Gasteiger partial charge in [-0.1, -0.05) is 11.8 Å². The van der Waals surface area contributed by atoms with Crippen molar-refractivity contribution in [3.05, 3.63) is 34.1 Å². The zero-order chi connectivity index (χ0) is 14.7. The molecule has 104 valence electrons. The van der Waals surface area contributed by atoms with Gasteiger partial charge >= 0.3 is 5.97 Å². The Kier molecular flexibility index (Phi) is 3.94. The fourth-order valence-corrected chi connectivity index (χ4v) is 1.82. The van der Waals surface area contributed by atoms with E-state index in [2.05, 4.69) is 10.2 Å². The molecule has 0 amide bonds. The Bertz CT molecular complexity index is 675. The molecule has 2 aromatic rings. The first-order valence-electron chi connectivity index (χ1n) is 5.10. The van der Waals surface area contributed by atoms with E-state index in [4.69, 9.17) is 9.52 Å². The largest absolute Gasteiger partial charge is 0.481 e. The normalized spacial score (nSPS) is 10.4. The highest BCUT2D eigenvalue weighted by molar-refractivity contribution is 7.99. The molecule has 20 heavy (non-hydrogen) atoms. The standard InChI is InChI=1S/C10H6FN3O5S/c11-5-1-2-6(7(3-5)14(17)18)9-12-13-10(19-9)20-4-8(15)16/h1-3H,4H2,(H,15,16). The van der Waals surface area contributed by atoms with E-state index in [1.807, 2.05) is 0 Å². The van der Waals surface area contributed by atoms with E-state index in [-0.39, 0.29) is 22.4 Å². The van der Waals surface area contributed by atoms with Gasteiger partial charge in [0.25, 0.3) is 16.8 Å². The number of halogens is 1. The molecule has 0 aliphatic rings. The third kappa shape index (κ3) is 3.09. The molecule has 2 rings (SSSR count). The lowest BCUT2D eigenvalue weighted by Gasteiger charge is -1.97. The Morgan fingerprint density at radius 2 is 2.25 bits per heavy atom. The molecule has 1 heterocycles. The summed E-state index contributed by atoms with van der Waals surface area (Å²) in [5.41, 5.74) is -0.547. The van der Waals surface area contributed by atoms with Crippen LogP contribution in [0.5, 0.6) is 0 Å². The number of benzene rings is 1. The van der Waals surface area contributed by atoms with Crippen molar-refractivity contribution in [2.24, 2.45) is 0 Å². The van der Waals surface area contributed by atoms with Gasteiger partial charge in [0.1, 0.15) is 17.1 Å². The van der Waals surface area contributed by atoms with Crippen molar-refractivity contribution in [2.45, 2.75) is 5.22 Å². The van der Waals surface area contributed by atoms with Gasteiger partial charge in [0.05, 0.1) is 11.0 Å². The number of nitro benzene ring substituents is 1. The fourth-order valence-electron chi connectivity index (χ4n) is 1.34. The molecule has 8 nitrogen and oxygen atoms in total. The van der Waals surface area contributed by atoms with E-state index in [9.17, 15) is 19.3 Å². The SMILES string of the molecule is O=C(O)CSc1nnc(-c2ccc(F)cc2[N+](=O)[O-])o1. The van der Waals surface area contributed by atoms with Gasteiger partial charge in [0.15, 0.2) is 0 Å². The molecular weight excluding hydrogens is 293 g/mol. The molecule has 0 saturated heterocycles. The van der Waals surface area contributed by atoms with Crippen molar-refractivity contribution < 1.29 is 23.6 Å². The summed E-state index contributed by atoms with van der Waals surface area (Å²) in [6.07, 6.45) is 0. The Morgan fingerprint density at radius 1 is 1.50 bits per heavy atom. The summed E-state index contributed by atoms with van der Waals surface area (Å²) in [7, 11) is 0. The second-order valence-electron chi connectivity index (χ2n) is 3.47. The lowest BCUT2D eigenvalue weighted by atomic mass is 10.2. The maximum Gasteiger partial charge on any atom is 0.314 e. The Labute approximate surface area is 114 Å². The Morgan fingerprint density at radius 3 is 2.90 bits per heavy atom. The van der Waals surface area contributed by atoms with Crippen LogP contribution in [0, 0.1) is 15.9 Å². The summed E-state index contributed by atoms with van der Waals surface area (Å²) in [6, 6.07) is 2.91. The predicted molar refractivity (Wildman–Crippen MR) is 64.7 cm³/mol. The summed E-state index contributed by atoms with van der Waals surface area (Å²) >= 11 is 0.778. The molecule has 1 aromatic carbocycles. The first-order chi connectivity index (χ1) is 9.47. The van der Waals surface area contributed by atoms with Gasteiger partial charge in [0, 0.05) is 0 Å². The maximum atomic E-state index is 13.0. The van der Waals surface area contributed by atoms with Gasteiger partial charge in [-0.2, -0.15) is 0 Å². The number of hydrogen-bond acceptors (Lipinski definition) is 7. The van der Waals surface area contributed by atoms with Gasteiger partial charge < -0.3 is 9.52 Å². The van der Waals surface area contributed by atoms with E-state index in [1.165, 1.54) is 0 Å². The van der Waals surface area contributed by atoms with E-state index >= 15 is 0 Å². The minimum Gasteiger partial charge on any atom is -0.481 e. The second kappa shape index (κ2) is 5.65. The minimum absolute atomic E-state index is 0.0360. The molecule has 0 atom stereocenters. The summed E-state index contributed by atoms with van der Waals surface area (Å²) in [4.78, 5) is 20.5. The van der Waals surface area contributed by atoms with Crippen LogP contribution in [-0.2, 0) is 4.79 Å². The number of hydrogen-bond donors (Lipinski definition) is 1. The van der Waals surface area contributed by atoms with Crippen LogP contribution in [0.15, 0.2) is 27.8 Å². The van der Waals surface area contributed by atoms with Crippen LogP contribution in [0.1, 0.15) is 0 Å². The Balaban J connectivity index is 2.32.